The molecule has 1 saturated carbocycles. The van der Waals surface area contributed by atoms with Gasteiger partial charge in [-0.05, 0) is 37.1 Å². The molecule has 7 heteroatoms. The minimum absolute atomic E-state index is 0.246. The number of hydrogen-bond donors (Lipinski definition) is 2. The van der Waals surface area contributed by atoms with Crippen molar-refractivity contribution in [3.8, 4) is 11.4 Å². The lowest BCUT2D eigenvalue weighted by Gasteiger charge is -2.08. The Morgan fingerprint density at radius 2 is 1.88 bits per heavy atom. The zero-order valence-corrected chi connectivity index (χ0v) is 13.8. The van der Waals surface area contributed by atoms with E-state index >= 15 is 0 Å². The molecular formula is C19H16F2N4O. The van der Waals surface area contributed by atoms with Gasteiger partial charge in [-0.15, -0.1) is 0 Å². The lowest BCUT2D eigenvalue weighted by molar-refractivity contribution is -0.115. The van der Waals surface area contributed by atoms with E-state index in [9.17, 15) is 13.6 Å². The van der Waals surface area contributed by atoms with Crippen LogP contribution in [0.4, 0.5) is 14.5 Å². The van der Waals surface area contributed by atoms with Crippen LogP contribution in [0.3, 0.4) is 0 Å². The van der Waals surface area contributed by atoms with Crippen LogP contribution in [0.15, 0.2) is 42.5 Å². The molecule has 0 aliphatic heterocycles. The standard InChI is InChI=1S/C19H16F2N4O/c20-15-5-2-6-16(21)14(15)10-17(26)22-13-4-1-3-12(9-13)19-23-18(24-25-19)11-7-8-11/h1-6,9,11H,7-8,10H2,(H,22,26)(H,23,24,25). The Morgan fingerprint density at radius 1 is 1.15 bits per heavy atom. The summed E-state index contributed by atoms with van der Waals surface area (Å²) in [4.78, 5) is 16.6. The Bertz CT molecular complexity index is 945. The largest absolute Gasteiger partial charge is 0.326 e. The lowest BCUT2D eigenvalue weighted by Crippen LogP contribution is -2.16. The first kappa shape index (κ1) is 16.4. The predicted molar refractivity (Wildman–Crippen MR) is 92.5 cm³/mol. The molecule has 2 N–H and O–H groups in total. The van der Waals surface area contributed by atoms with Crippen molar-refractivity contribution < 1.29 is 13.6 Å². The summed E-state index contributed by atoms with van der Waals surface area (Å²) >= 11 is 0. The van der Waals surface area contributed by atoms with Gasteiger partial charge in [-0.25, -0.2) is 13.8 Å². The van der Waals surface area contributed by atoms with E-state index in [0.717, 1.165) is 36.4 Å². The van der Waals surface area contributed by atoms with Crippen molar-refractivity contribution >= 4 is 11.6 Å². The molecule has 0 radical (unpaired) electrons. The molecule has 1 amide bonds. The van der Waals surface area contributed by atoms with E-state index in [0.29, 0.717) is 17.4 Å². The van der Waals surface area contributed by atoms with E-state index in [1.807, 2.05) is 6.07 Å². The van der Waals surface area contributed by atoms with E-state index in [4.69, 9.17) is 0 Å². The van der Waals surface area contributed by atoms with Gasteiger partial charge in [0.15, 0.2) is 5.82 Å². The molecule has 0 unspecified atom stereocenters. The number of nitrogens with zero attached hydrogens (tertiary/aromatic N) is 2. The first-order valence-corrected chi connectivity index (χ1v) is 8.35. The molecule has 4 rings (SSSR count). The van der Waals surface area contributed by atoms with Crippen molar-refractivity contribution in [1.82, 2.24) is 15.2 Å². The van der Waals surface area contributed by atoms with Gasteiger partial charge in [-0.3, -0.25) is 9.89 Å². The van der Waals surface area contributed by atoms with E-state index in [2.05, 4.69) is 20.5 Å². The van der Waals surface area contributed by atoms with E-state index in [1.165, 1.54) is 6.07 Å². The molecule has 1 aliphatic rings. The number of benzene rings is 2. The average molecular weight is 354 g/mol. The summed E-state index contributed by atoms with van der Waals surface area (Å²) < 4.78 is 27.3. The third-order valence-corrected chi connectivity index (χ3v) is 4.27. The summed E-state index contributed by atoms with van der Waals surface area (Å²) in [5.74, 6) is -0.0633. The third-order valence-electron chi connectivity index (χ3n) is 4.27. The molecule has 0 spiro atoms. The topological polar surface area (TPSA) is 70.7 Å². The number of amides is 1. The molecule has 26 heavy (non-hydrogen) atoms. The van der Waals surface area contributed by atoms with E-state index < -0.39 is 17.5 Å². The normalized spacial score (nSPS) is 13.6. The van der Waals surface area contributed by atoms with Crippen LogP contribution in [-0.4, -0.2) is 21.1 Å². The summed E-state index contributed by atoms with van der Waals surface area (Å²) in [6.45, 7) is 0. The van der Waals surface area contributed by atoms with Gasteiger partial charge in [-0.1, -0.05) is 18.2 Å². The molecule has 1 fully saturated rings. The Hall–Kier alpha value is -3.09. The molecular weight excluding hydrogens is 338 g/mol. The second-order valence-electron chi connectivity index (χ2n) is 6.32. The fourth-order valence-electron chi connectivity index (χ4n) is 2.75. The number of carbonyl (C=O) groups excluding carboxylic acids is 1. The predicted octanol–water partition coefficient (Wildman–Crippen LogP) is 3.81. The van der Waals surface area contributed by atoms with Crippen molar-refractivity contribution in [2.24, 2.45) is 0 Å². The summed E-state index contributed by atoms with van der Waals surface area (Å²) in [5.41, 5.74) is 1.02. The molecule has 1 aliphatic carbocycles. The lowest BCUT2D eigenvalue weighted by atomic mass is 10.1. The van der Waals surface area contributed by atoms with Gasteiger partial charge < -0.3 is 5.32 Å². The van der Waals surface area contributed by atoms with Gasteiger partial charge in [0.25, 0.3) is 0 Å². The van der Waals surface area contributed by atoms with Gasteiger partial charge in [-0.2, -0.15) is 5.10 Å². The summed E-state index contributed by atoms with van der Waals surface area (Å²) in [7, 11) is 0. The van der Waals surface area contributed by atoms with Crippen LogP contribution >= 0.6 is 0 Å². The van der Waals surface area contributed by atoms with Crippen LogP contribution in [0, 0.1) is 11.6 Å². The first-order valence-electron chi connectivity index (χ1n) is 8.35. The van der Waals surface area contributed by atoms with Crippen LogP contribution < -0.4 is 5.32 Å². The van der Waals surface area contributed by atoms with Gasteiger partial charge in [0, 0.05) is 22.7 Å². The number of rotatable bonds is 5. The summed E-state index contributed by atoms with van der Waals surface area (Å²) in [6, 6.07) is 10.6. The number of H-pyrrole nitrogens is 1. The van der Waals surface area contributed by atoms with Gasteiger partial charge in [0.1, 0.15) is 17.5 Å². The molecule has 0 bridgehead atoms. The highest BCUT2D eigenvalue weighted by Crippen LogP contribution is 2.38. The Morgan fingerprint density at radius 3 is 2.62 bits per heavy atom. The van der Waals surface area contributed by atoms with Crippen LogP contribution in [0.1, 0.15) is 30.1 Å². The van der Waals surface area contributed by atoms with Gasteiger partial charge >= 0.3 is 0 Å². The highest BCUT2D eigenvalue weighted by atomic mass is 19.1. The average Bonchev–Trinajstić information content (AvgIpc) is 3.35. The minimum atomic E-state index is -0.734. The number of anilines is 1. The highest BCUT2D eigenvalue weighted by Gasteiger charge is 2.27. The third kappa shape index (κ3) is 3.46. The van der Waals surface area contributed by atoms with Gasteiger partial charge in [0.2, 0.25) is 5.91 Å². The number of carbonyl (C=O) groups is 1. The van der Waals surface area contributed by atoms with Crippen LogP contribution in [0.5, 0.6) is 0 Å². The smallest absolute Gasteiger partial charge is 0.229 e. The maximum absolute atomic E-state index is 13.7. The Kier molecular flexibility index (Phi) is 4.20. The van der Waals surface area contributed by atoms with Crippen LogP contribution in [-0.2, 0) is 11.2 Å². The minimum Gasteiger partial charge on any atom is -0.326 e. The molecule has 1 aromatic heterocycles. The summed E-state index contributed by atoms with van der Waals surface area (Å²) in [5, 5.41) is 9.81. The first-order chi connectivity index (χ1) is 12.6. The number of aromatic amines is 1. The van der Waals surface area contributed by atoms with Crippen LogP contribution in [0.2, 0.25) is 0 Å². The van der Waals surface area contributed by atoms with E-state index in [1.54, 1.807) is 18.2 Å². The van der Waals surface area contributed by atoms with Gasteiger partial charge in [0.05, 0.1) is 6.42 Å². The Balaban J connectivity index is 1.48. The summed E-state index contributed by atoms with van der Waals surface area (Å²) in [6.07, 6.45) is 1.86. The van der Waals surface area contributed by atoms with Crippen molar-refractivity contribution in [3.63, 3.8) is 0 Å². The zero-order valence-electron chi connectivity index (χ0n) is 13.8. The highest BCUT2D eigenvalue weighted by molar-refractivity contribution is 5.92. The second kappa shape index (κ2) is 6.67. The quantitative estimate of drug-likeness (QED) is 0.732. The van der Waals surface area contributed by atoms with Crippen LogP contribution in [0.25, 0.3) is 11.4 Å². The van der Waals surface area contributed by atoms with E-state index in [-0.39, 0.29) is 12.0 Å². The molecule has 1 heterocycles. The second-order valence-corrected chi connectivity index (χ2v) is 6.32. The molecule has 0 atom stereocenters. The molecule has 132 valence electrons. The number of aromatic nitrogens is 3. The number of nitrogens with one attached hydrogen (secondary N) is 2. The van der Waals surface area contributed by atoms with Crippen molar-refractivity contribution in [1.29, 1.82) is 0 Å². The fraction of sp³-hybridized carbons (Fsp3) is 0.211. The fourth-order valence-corrected chi connectivity index (χ4v) is 2.75. The van der Waals surface area contributed by atoms with Crippen molar-refractivity contribution in [2.45, 2.75) is 25.2 Å². The number of halogens is 2. The Labute approximate surface area is 148 Å². The zero-order chi connectivity index (χ0) is 18.1. The molecule has 3 aromatic rings. The SMILES string of the molecule is O=C(Cc1c(F)cccc1F)Nc1cccc(-c2n[nH]c(C3CC3)n2)c1. The maximum atomic E-state index is 13.7. The molecule has 2 aromatic carbocycles. The number of hydrogen-bond acceptors (Lipinski definition) is 3. The molecule has 0 saturated heterocycles. The monoisotopic (exact) mass is 354 g/mol. The van der Waals surface area contributed by atoms with Crippen molar-refractivity contribution in [3.05, 3.63) is 65.5 Å². The molecule has 5 nitrogen and oxygen atoms in total. The maximum Gasteiger partial charge on any atom is 0.229 e. The van der Waals surface area contributed by atoms with Crippen molar-refractivity contribution in [2.75, 3.05) is 5.32 Å².